The number of hydrogen-bond donors (Lipinski definition) is 1. The molecule has 0 unspecified atom stereocenters. The highest BCUT2D eigenvalue weighted by Gasteiger charge is 2.25. The number of nitrogens with zero attached hydrogens (tertiary/aromatic N) is 5. The van der Waals surface area contributed by atoms with Gasteiger partial charge >= 0.3 is 0 Å². The van der Waals surface area contributed by atoms with Crippen molar-refractivity contribution in [2.75, 3.05) is 23.3 Å². The average Bonchev–Trinajstić information content (AvgIpc) is 2.64. The van der Waals surface area contributed by atoms with E-state index in [0.29, 0.717) is 22.9 Å². The van der Waals surface area contributed by atoms with Crippen LogP contribution in [0.1, 0.15) is 25.0 Å². The van der Waals surface area contributed by atoms with Gasteiger partial charge in [0, 0.05) is 31.2 Å². The number of morpholine rings is 1. The van der Waals surface area contributed by atoms with Gasteiger partial charge in [0.05, 0.1) is 12.2 Å². The van der Waals surface area contributed by atoms with E-state index in [2.05, 4.69) is 65.0 Å². The van der Waals surface area contributed by atoms with Gasteiger partial charge in [-0.15, -0.1) is 0 Å². The summed E-state index contributed by atoms with van der Waals surface area (Å²) in [5.41, 5.74) is 4.69. The molecule has 27 heavy (non-hydrogen) atoms. The van der Waals surface area contributed by atoms with Gasteiger partial charge in [0.25, 0.3) is 0 Å². The van der Waals surface area contributed by atoms with Gasteiger partial charge in [0.2, 0.25) is 5.95 Å². The zero-order valence-corrected chi connectivity index (χ0v) is 16.1. The Bertz CT molecular complexity index is 966. The largest absolute Gasteiger partial charge is 0.372 e. The number of benzene rings is 1. The maximum Gasteiger partial charge on any atom is 0.229 e. The van der Waals surface area contributed by atoms with E-state index in [1.807, 2.05) is 6.07 Å². The monoisotopic (exact) mass is 364 g/mol. The van der Waals surface area contributed by atoms with Crippen LogP contribution in [0, 0.1) is 13.8 Å². The molecule has 1 saturated heterocycles. The molecule has 3 heterocycles. The van der Waals surface area contributed by atoms with E-state index in [4.69, 9.17) is 9.72 Å². The molecular weight excluding hydrogens is 340 g/mol. The molecule has 0 aliphatic carbocycles. The van der Waals surface area contributed by atoms with Crippen LogP contribution in [0.2, 0.25) is 0 Å². The van der Waals surface area contributed by atoms with Gasteiger partial charge in [-0.05, 0) is 51.0 Å². The Labute approximate surface area is 158 Å². The standard InChI is InChI=1S/C20H24N6O/c1-12-5-6-16(9-13(12)2)23-19-17-18(22-8-7-21-17)24-20(25-19)26-10-14(3)27-15(4)11-26/h5-9,14-15H,10-11H2,1-4H3,(H,22,23,24,25)/t14-,15-/m1/s1. The van der Waals surface area contributed by atoms with Crippen LogP contribution < -0.4 is 10.2 Å². The van der Waals surface area contributed by atoms with Gasteiger partial charge in [0.15, 0.2) is 17.0 Å². The zero-order valence-electron chi connectivity index (χ0n) is 16.1. The molecule has 1 N–H and O–H groups in total. The van der Waals surface area contributed by atoms with Crippen molar-refractivity contribution in [2.24, 2.45) is 0 Å². The molecule has 0 bridgehead atoms. The van der Waals surface area contributed by atoms with Crippen molar-refractivity contribution < 1.29 is 4.74 Å². The smallest absolute Gasteiger partial charge is 0.229 e. The molecule has 2 atom stereocenters. The number of rotatable bonds is 3. The fourth-order valence-electron chi connectivity index (χ4n) is 3.38. The molecule has 1 aliphatic heterocycles. The topological polar surface area (TPSA) is 76.1 Å². The Morgan fingerprint density at radius 3 is 2.48 bits per heavy atom. The molecular formula is C20H24N6O. The van der Waals surface area contributed by atoms with Gasteiger partial charge in [0.1, 0.15) is 0 Å². The molecule has 140 valence electrons. The van der Waals surface area contributed by atoms with E-state index in [-0.39, 0.29) is 12.2 Å². The predicted molar refractivity (Wildman–Crippen MR) is 107 cm³/mol. The van der Waals surface area contributed by atoms with Crippen LogP contribution >= 0.6 is 0 Å². The van der Waals surface area contributed by atoms with E-state index < -0.39 is 0 Å². The summed E-state index contributed by atoms with van der Waals surface area (Å²) in [6, 6.07) is 6.25. The second-order valence-corrected chi connectivity index (χ2v) is 7.19. The highest BCUT2D eigenvalue weighted by molar-refractivity contribution is 5.85. The number of ether oxygens (including phenoxy) is 1. The minimum absolute atomic E-state index is 0.131. The maximum absolute atomic E-state index is 5.83. The summed E-state index contributed by atoms with van der Waals surface area (Å²) in [6.07, 6.45) is 3.58. The van der Waals surface area contributed by atoms with Crippen molar-refractivity contribution in [3.05, 3.63) is 41.7 Å². The van der Waals surface area contributed by atoms with Gasteiger partial charge in [-0.2, -0.15) is 9.97 Å². The van der Waals surface area contributed by atoms with Gasteiger partial charge < -0.3 is 15.0 Å². The molecule has 3 aromatic rings. The number of anilines is 3. The Balaban J connectivity index is 1.75. The van der Waals surface area contributed by atoms with Crippen LogP contribution in [0.3, 0.4) is 0 Å². The third-order valence-corrected chi connectivity index (χ3v) is 4.79. The first-order valence-corrected chi connectivity index (χ1v) is 9.23. The average molecular weight is 364 g/mol. The van der Waals surface area contributed by atoms with Crippen molar-refractivity contribution in [2.45, 2.75) is 39.9 Å². The van der Waals surface area contributed by atoms with E-state index in [9.17, 15) is 0 Å². The predicted octanol–water partition coefficient (Wildman–Crippen LogP) is 3.39. The number of hydrogen-bond acceptors (Lipinski definition) is 7. The summed E-state index contributed by atoms with van der Waals surface area (Å²) in [4.78, 5) is 20.4. The number of aryl methyl sites for hydroxylation is 2. The Kier molecular flexibility index (Phi) is 4.61. The summed E-state index contributed by atoms with van der Waals surface area (Å²) >= 11 is 0. The lowest BCUT2D eigenvalue weighted by atomic mass is 10.1. The molecule has 2 aromatic heterocycles. The molecule has 1 aromatic carbocycles. The Morgan fingerprint density at radius 2 is 1.74 bits per heavy atom. The summed E-state index contributed by atoms with van der Waals surface area (Å²) in [5, 5.41) is 3.41. The Morgan fingerprint density at radius 1 is 1.00 bits per heavy atom. The summed E-state index contributed by atoms with van der Waals surface area (Å²) in [5.74, 6) is 1.31. The fraction of sp³-hybridized carbons (Fsp3) is 0.400. The van der Waals surface area contributed by atoms with Crippen molar-refractivity contribution >= 4 is 28.6 Å². The van der Waals surface area contributed by atoms with Crippen molar-refractivity contribution in [1.82, 2.24) is 19.9 Å². The SMILES string of the molecule is Cc1ccc(Nc2nc(N3C[C@@H](C)O[C@H](C)C3)nc3nccnc23)cc1C. The molecule has 1 fully saturated rings. The molecule has 0 amide bonds. The number of nitrogens with one attached hydrogen (secondary N) is 1. The molecule has 0 radical (unpaired) electrons. The van der Waals surface area contributed by atoms with Gasteiger partial charge in [-0.3, -0.25) is 0 Å². The molecule has 1 aliphatic rings. The lowest BCUT2D eigenvalue weighted by Gasteiger charge is -2.35. The van der Waals surface area contributed by atoms with Gasteiger partial charge in [-0.25, -0.2) is 9.97 Å². The highest BCUT2D eigenvalue weighted by atomic mass is 16.5. The lowest BCUT2D eigenvalue weighted by molar-refractivity contribution is -0.00569. The summed E-state index contributed by atoms with van der Waals surface area (Å²) in [6.45, 7) is 9.83. The summed E-state index contributed by atoms with van der Waals surface area (Å²) < 4.78 is 5.83. The van der Waals surface area contributed by atoms with Crippen molar-refractivity contribution in [3.8, 4) is 0 Å². The maximum atomic E-state index is 5.83. The third-order valence-electron chi connectivity index (χ3n) is 4.79. The first-order valence-electron chi connectivity index (χ1n) is 9.23. The highest BCUT2D eigenvalue weighted by Crippen LogP contribution is 2.26. The van der Waals surface area contributed by atoms with Crippen molar-refractivity contribution in [1.29, 1.82) is 0 Å². The quantitative estimate of drug-likeness (QED) is 0.763. The van der Waals surface area contributed by atoms with E-state index in [1.165, 1.54) is 11.1 Å². The van der Waals surface area contributed by atoms with Crippen molar-refractivity contribution in [3.63, 3.8) is 0 Å². The van der Waals surface area contributed by atoms with Crippen LogP contribution in [-0.2, 0) is 4.74 Å². The second kappa shape index (κ2) is 7.08. The molecule has 4 rings (SSSR count). The first kappa shape index (κ1) is 17.6. The third kappa shape index (κ3) is 3.68. The minimum atomic E-state index is 0.131. The second-order valence-electron chi connectivity index (χ2n) is 7.19. The zero-order chi connectivity index (χ0) is 19.0. The van der Waals surface area contributed by atoms with E-state index >= 15 is 0 Å². The van der Waals surface area contributed by atoms with Gasteiger partial charge in [-0.1, -0.05) is 6.07 Å². The normalized spacial score (nSPS) is 20.1. The first-order chi connectivity index (χ1) is 13.0. The molecule has 7 heteroatoms. The van der Waals surface area contributed by atoms with E-state index in [0.717, 1.165) is 18.8 Å². The Hall–Kier alpha value is -2.80. The number of aromatic nitrogens is 4. The molecule has 7 nitrogen and oxygen atoms in total. The number of fused-ring (bicyclic) bond motifs is 1. The fourth-order valence-corrected chi connectivity index (χ4v) is 3.38. The van der Waals surface area contributed by atoms with Crippen LogP contribution in [-0.4, -0.2) is 45.2 Å². The van der Waals surface area contributed by atoms with Crippen LogP contribution in [0.4, 0.5) is 17.5 Å². The van der Waals surface area contributed by atoms with E-state index in [1.54, 1.807) is 12.4 Å². The van der Waals surface area contributed by atoms with Crippen LogP contribution in [0.15, 0.2) is 30.6 Å². The lowest BCUT2D eigenvalue weighted by Crippen LogP contribution is -2.46. The summed E-state index contributed by atoms with van der Waals surface area (Å²) in [7, 11) is 0. The molecule has 0 saturated carbocycles. The van der Waals surface area contributed by atoms with Crippen LogP contribution in [0.5, 0.6) is 0 Å². The van der Waals surface area contributed by atoms with Crippen LogP contribution in [0.25, 0.3) is 11.2 Å². The molecule has 0 spiro atoms. The minimum Gasteiger partial charge on any atom is -0.372 e.